The lowest BCUT2D eigenvalue weighted by atomic mass is 9.76. The van der Waals surface area contributed by atoms with Crippen LogP contribution in [0.4, 0.5) is 0 Å². The molecular formula is C14H26N2O. The predicted molar refractivity (Wildman–Crippen MR) is 69.7 cm³/mol. The summed E-state index contributed by atoms with van der Waals surface area (Å²) in [5, 5.41) is 0. The second kappa shape index (κ2) is 4.60. The van der Waals surface area contributed by atoms with E-state index in [-0.39, 0.29) is 0 Å². The summed E-state index contributed by atoms with van der Waals surface area (Å²) in [6.07, 6.45) is 4.05. The Balaban J connectivity index is 1.81. The molecule has 2 aliphatic rings. The molecule has 17 heavy (non-hydrogen) atoms. The summed E-state index contributed by atoms with van der Waals surface area (Å²) in [5.74, 6) is 2.00. The lowest BCUT2D eigenvalue weighted by Crippen LogP contribution is -2.58. The van der Waals surface area contributed by atoms with E-state index >= 15 is 0 Å². The van der Waals surface area contributed by atoms with Crippen molar-refractivity contribution in [1.82, 2.24) is 9.80 Å². The van der Waals surface area contributed by atoms with E-state index in [0.717, 1.165) is 24.9 Å². The lowest BCUT2D eigenvalue weighted by molar-refractivity contribution is -0.143. The minimum absolute atomic E-state index is 0.300. The van der Waals surface area contributed by atoms with Crippen molar-refractivity contribution in [3.05, 3.63) is 0 Å². The monoisotopic (exact) mass is 238 g/mol. The summed E-state index contributed by atoms with van der Waals surface area (Å²) in [5.41, 5.74) is 0.497. The molecule has 2 fully saturated rings. The van der Waals surface area contributed by atoms with Crippen LogP contribution in [0.25, 0.3) is 0 Å². The van der Waals surface area contributed by atoms with E-state index in [9.17, 15) is 4.79 Å². The highest BCUT2D eigenvalue weighted by molar-refractivity contribution is 5.79. The van der Waals surface area contributed by atoms with Crippen LogP contribution in [0, 0.1) is 17.3 Å². The molecule has 0 bridgehead atoms. The fraction of sp³-hybridized carbons (Fsp3) is 0.929. The second-order valence-corrected chi connectivity index (χ2v) is 6.73. The van der Waals surface area contributed by atoms with Gasteiger partial charge in [0, 0.05) is 18.5 Å². The van der Waals surface area contributed by atoms with Crippen LogP contribution in [0.1, 0.15) is 33.1 Å². The average Bonchev–Trinajstić information content (AvgIpc) is 2.58. The Morgan fingerprint density at radius 3 is 2.53 bits per heavy atom. The molecule has 1 unspecified atom stereocenters. The van der Waals surface area contributed by atoms with Gasteiger partial charge >= 0.3 is 0 Å². The molecule has 98 valence electrons. The minimum atomic E-state index is 0.300. The molecule has 0 radical (unpaired) electrons. The maximum atomic E-state index is 11.9. The number of amides is 1. The van der Waals surface area contributed by atoms with Crippen molar-refractivity contribution in [2.24, 2.45) is 17.3 Å². The molecule has 1 aliphatic heterocycles. The molecule has 1 saturated carbocycles. The van der Waals surface area contributed by atoms with Gasteiger partial charge in [0.15, 0.2) is 0 Å². The molecule has 1 spiro atoms. The Morgan fingerprint density at radius 2 is 2.06 bits per heavy atom. The summed E-state index contributed by atoms with van der Waals surface area (Å²) < 4.78 is 0. The van der Waals surface area contributed by atoms with Gasteiger partial charge in [-0.1, -0.05) is 13.8 Å². The first-order valence-corrected chi connectivity index (χ1v) is 6.84. The lowest BCUT2D eigenvalue weighted by Gasteiger charge is -2.49. The highest BCUT2D eigenvalue weighted by Gasteiger charge is 2.49. The molecule has 0 aromatic carbocycles. The number of hydrogen-bond acceptors (Lipinski definition) is 2. The first kappa shape index (κ1) is 12.9. The SMILES string of the molecule is CC(C)C1CCC2(C1)CN(C(=O)CN(C)C)C2. The zero-order valence-electron chi connectivity index (χ0n) is 11.7. The van der Waals surface area contributed by atoms with Gasteiger partial charge in [0.2, 0.25) is 5.91 Å². The molecule has 0 N–H and O–H groups in total. The number of carbonyl (C=O) groups is 1. The van der Waals surface area contributed by atoms with E-state index < -0.39 is 0 Å². The summed E-state index contributed by atoms with van der Waals surface area (Å²) in [6.45, 7) is 7.25. The second-order valence-electron chi connectivity index (χ2n) is 6.73. The van der Waals surface area contributed by atoms with E-state index in [0.29, 0.717) is 17.9 Å². The Kier molecular flexibility index (Phi) is 3.48. The molecule has 1 amide bonds. The molecule has 1 heterocycles. The van der Waals surface area contributed by atoms with Crippen molar-refractivity contribution in [3.63, 3.8) is 0 Å². The van der Waals surface area contributed by atoms with Crippen LogP contribution in [0.5, 0.6) is 0 Å². The van der Waals surface area contributed by atoms with Crippen LogP contribution in [0.2, 0.25) is 0 Å². The minimum Gasteiger partial charge on any atom is -0.340 e. The highest BCUT2D eigenvalue weighted by atomic mass is 16.2. The Hall–Kier alpha value is -0.570. The van der Waals surface area contributed by atoms with Gasteiger partial charge in [0.05, 0.1) is 6.54 Å². The molecule has 0 aromatic rings. The van der Waals surface area contributed by atoms with Crippen molar-refractivity contribution in [2.75, 3.05) is 33.7 Å². The summed E-state index contributed by atoms with van der Waals surface area (Å²) in [6, 6.07) is 0. The Labute approximate surface area is 105 Å². The first-order valence-electron chi connectivity index (χ1n) is 6.84. The van der Waals surface area contributed by atoms with Gasteiger partial charge in [-0.2, -0.15) is 0 Å². The molecule has 3 nitrogen and oxygen atoms in total. The zero-order chi connectivity index (χ0) is 12.6. The van der Waals surface area contributed by atoms with Gasteiger partial charge in [-0.15, -0.1) is 0 Å². The van der Waals surface area contributed by atoms with Crippen LogP contribution in [0.15, 0.2) is 0 Å². The standard InChI is InChI=1S/C14H26N2O/c1-11(2)12-5-6-14(7-12)9-16(10-14)13(17)8-15(3)4/h11-12H,5-10H2,1-4H3. The quantitative estimate of drug-likeness (QED) is 0.749. The topological polar surface area (TPSA) is 23.6 Å². The fourth-order valence-electron chi connectivity index (χ4n) is 3.42. The third-order valence-corrected chi connectivity index (χ3v) is 4.54. The number of nitrogens with zero attached hydrogens (tertiary/aromatic N) is 2. The van der Waals surface area contributed by atoms with Crippen molar-refractivity contribution in [3.8, 4) is 0 Å². The smallest absolute Gasteiger partial charge is 0.236 e. The molecule has 2 rings (SSSR count). The molecule has 0 aromatic heterocycles. The van der Waals surface area contributed by atoms with Crippen molar-refractivity contribution < 1.29 is 4.79 Å². The van der Waals surface area contributed by atoms with Gasteiger partial charge in [0.1, 0.15) is 0 Å². The first-order chi connectivity index (χ1) is 7.92. The van der Waals surface area contributed by atoms with Crippen molar-refractivity contribution in [1.29, 1.82) is 0 Å². The van der Waals surface area contributed by atoms with Gasteiger partial charge < -0.3 is 9.80 Å². The predicted octanol–water partition coefficient (Wildman–Crippen LogP) is 1.83. The van der Waals surface area contributed by atoms with E-state index in [4.69, 9.17) is 0 Å². The van der Waals surface area contributed by atoms with Gasteiger partial charge in [-0.3, -0.25) is 4.79 Å². The van der Waals surface area contributed by atoms with Gasteiger partial charge in [0.25, 0.3) is 0 Å². The number of rotatable bonds is 3. The molecule has 1 saturated heterocycles. The van der Waals surface area contributed by atoms with Crippen LogP contribution >= 0.6 is 0 Å². The summed E-state index contributed by atoms with van der Waals surface area (Å²) >= 11 is 0. The molecule has 1 atom stereocenters. The van der Waals surface area contributed by atoms with Gasteiger partial charge in [-0.25, -0.2) is 0 Å². The maximum Gasteiger partial charge on any atom is 0.236 e. The summed E-state index contributed by atoms with van der Waals surface area (Å²) in [4.78, 5) is 15.9. The van der Waals surface area contributed by atoms with Crippen LogP contribution < -0.4 is 0 Å². The Morgan fingerprint density at radius 1 is 1.41 bits per heavy atom. The third kappa shape index (κ3) is 2.65. The largest absolute Gasteiger partial charge is 0.340 e. The van der Waals surface area contributed by atoms with Crippen molar-refractivity contribution in [2.45, 2.75) is 33.1 Å². The summed E-state index contributed by atoms with van der Waals surface area (Å²) in [7, 11) is 3.91. The molecule has 1 aliphatic carbocycles. The van der Waals surface area contributed by atoms with E-state index in [1.165, 1.54) is 19.3 Å². The normalized spacial score (nSPS) is 26.9. The molecule has 3 heteroatoms. The average molecular weight is 238 g/mol. The third-order valence-electron chi connectivity index (χ3n) is 4.54. The zero-order valence-corrected chi connectivity index (χ0v) is 11.7. The van der Waals surface area contributed by atoms with Crippen LogP contribution in [0.3, 0.4) is 0 Å². The fourth-order valence-corrected chi connectivity index (χ4v) is 3.42. The van der Waals surface area contributed by atoms with Crippen LogP contribution in [-0.2, 0) is 4.79 Å². The highest BCUT2D eigenvalue weighted by Crippen LogP contribution is 2.50. The maximum absolute atomic E-state index is 11.9. The number of hydrogen-bond donors (Lipinski definition) is 0. The van der Waals surface area contributed by atoms with E-state index in [2.05, 4.69) is 13.8 Å². The van der Waals surface area contributed by atoms with E-state index in [1.807, 2.05) is 23.9 Å². The van der Waals surface area contributed by atoms with Crippen molar-refractivity contribution >= 4 is 5.91 Å². The Bertz CT molecular complexity index is 293. The van der Waals surface area contributed by atoms with Crippen LogP contribution in [-0.4, -0.2) is 49.4 Å². The van der Waals surface area contributed by atoms with Gasteiger partial charge in [-0.05, 0) is 45.2 Å². The van der Waals surface area contributed by atoms with E-state index in [1.54, 1.807) is 0 Å². The number of likely N-dealkylation sites (tertiary alicyclic amines) is 1. The number of carbonyl (C=O) groups excluding carboxylic acids is 1. The number of likely N-dealkylation sites (N-methyl/N-ethyl adjacent to an activating group) is 1. The molecular weight excluding hydrogens is 212 g/mol.